The van der Waals surface area contributed by atoms with Crippen LogP contribution in [0.15, 0.2) is 24.3 Å². The standard InChI is InChI=1S/C10H14O2/c1-8(11-2)9-5-4-6-10(7-9)12-3/h4-8H,1-3H3. The Kier molecular flexibility index (Phi) is 3.11. The molecule has 0 aromatic heterocycles. The van der Waals surface area contributed by atoms with Gasteiger partial charge in [0.2, 0.25) is 0 Å². The minimum absolute atomic E-state index is 0.125. The maximum absolute atomic E-state index is 5.18. The predicted molar refractivity (Wildman–Crippen MR) is 48.4 cm³/mol. The molecule has 1 aromatic carbocycles. The van der Waals surface area contributed by atoms with Crippen molar-refractivity contribution in [3.05, 3.63) is 29.8 Å². The molecule has 0 fully saturated rings. The Morgan fingerprint density at radius 2 is 2.00 bits per heavy atom. The van der Waals surface area contributed by atoms with Gasteiger partial charge < -0.3 is 9.47 Å². The van der Waals surface area contributed by atoms with Crippen molar-refractivity contribution < 1.29 is 9.47 Å². The summed E-state index contributed by atoms with van der Waals surface area (Å²) in [6, 6.07) is 7.89. The van der Waals surface area contributed by atoms with Gasteiger partial charge in [-0.3, -0.25) is 0 Å². The fourth-order valence-corrected chi connectivity index (χ4v) is 1.03. The van der Waals surface area contributed by atoms with Crippen LogP contribution in [0.2, 0.25) is 0 Å². The normalized spacial score (nSPS) is 12.6. The second-order valence-electron chi connectivity index (χ2n) is 2.65. The molecule has 0 heterocycles. The lowest BCUT2D eigenvalue weighted by molar-refractivity contribution is 0.119. The van der Waals surface area contributed by atoms with E-state index in [0.717, 1.165) is 11.3 Å². The summed E-state index contributed by atoms with van der Waals surface area (Å²) in [6.07, 6.45) is 0.125. The van der Waals surface area contributed by atoms with E-state index in [0.29, 0.717) is 0 Å². The molecule has 2 nitrogen and oxygen atoms in total. The van der Waals surface area contributed by atoms with Gasteiger partial charge in [-0.25, -0.2) is 0 Å². The molecule has 1 unspecified atom stereocenters. The molecule has 0 bridgehead atoms. The van der Waals surface area contributed by atoms with Crippen molar-refractivity contribution in [2.24, 2.45) is 0 Å². The second-order valence-corrected chi connectivity index (χ2v) is 2.65. The summed E-state index contributed by atoms with van der Waals surface area (Å²) < 4.78 is 10.3. The van der Waals surface area contributed by atoms with E-state index in [1.807, 2.05) is 31.2 Å². The number of hydrogen-bond donors (Lipinski definition) is 0. The van der Waals surface area contributed by atoms with Crippen molar-refractivity contribution in [2.75, 3.05) is 14.2 Å². The number of rotatable bonds is 3. The number of hydrogen-bond acceptors (Lipinski definition) is 2. The Bertz CT molecular complexity index is 245. The Labute approximate surface area is 73.1 Å². The lowest BCUT2D eigenvalue weighted by atomic mass is 10.1. The highest BCUT2D eigenvalue weighted by Gasteiger charge is 2.03. The van der Waals surface area contributed by atoms with Crippen molar-refractivity contribution in [1.29, 1.82) is 0 Å². The highest BCUT2D eigenvalue weighted by molar-refractivity contribution is 5.29. The summed E-state index contributed by atoms with van der Waals surface area (Å²) in [6.45, 7) is 2.01. The molecule has 0 saturated heterocycles. The first kappa shape index (κ1) is 9.07. The van der Waals surface area contributed by atoms with Gasteiger partial charge in [0.25, 0.3) is 0 Å². The highest BCUT2D eigenvalue weighted by atomic mass is 16.5. The number of ether oxygens (including phenoxy) is 2. The minimum Gasteiger partial charge on any atom is -0.497 e. The monoisotopic (exact) mass is 166 g/mol. The SMILES string of the molecule is COc1cccc(C(C)OC)c1. The van der Waals surface area contributed by atoms with Gasteiger partial charge in [-0.2, -0.15) is 0 Å². The van der Waals surface area contributed by atoms with Gasteiger partial charge in [-0.15, -0.1) is 0 Å². The molecule has 0 saturated carbocycles. The van der Waals surface area contributed by atoms with Crippen LogP contribution in [0, 0.1) is 0 Å². The van der Waals surface area contributed by atoms with E-state index < -0.39 is 0 Å². The summed E-state index contributed by atoms with van der Waals surface area (Å²) in [5, 5.41) is 0. The maximum atomic E-state index is 5.18. The lowest BCUT2D eigenvalue weighted by Gasteiger charge is -2.10. The van der Waals surface area contributed by atoms with E-state index in [1.54, 1.807) is 14.2 Å². The predicted octanol–water partition coefficient (Wildman–Crippen LogP) is 2.40. The fourth-order valence-electron chi connectivity index (χ4n) is 1.03. The van der Waals surface area contributed by atoms with E-state index in [2.05, 4.69) is 0 Å². The molecule has 1 atom stereocenters. The van der Waals surface area contributed by atoms with Gasteiger partial charge in [0.1, 0.15) is 5.75 Å². The van der Waals surface area contributed by atoms with E-state index in [4.69, 9.17) is 9.47 Å². The lowest BCUT2D eigenvalue weighted by Crippen LogP contribution is -1.95. The van der Waals surface area contributed by atoms with E-state index in [-0.39, 0.29) is 6.10 Å². The van der Waals surface area contributed by atoms with E-state index in [1.165, 1.54) is 0 Å². The summed E-state index contributed by atoms with van der Waals surface area (Å²) in [4.78, 5) is 0. The first-order valence-corrected chi connectivity index (χ1v) is 3.94. The Morgan fingerprint density at radius 1 is 1.25 bits per heavy atom. The Hall–Kier alpha value is -1.02. The number of benzene rings is 1. The van der Waals surface area contributed by atoms with Crippen molar-refractivity contribution in [3.63, 3.8) is 0 Å². The number of methoxy groups -OCH3 is 2. The first-order valence-electron chi connectivity index (χ1n) is 3.94. The molecule has 1 rings (SSSR count). The average Bonchev–Trinajstić information content (AvgIpc) is 2.17. The zero-order valence-corrected chi connectivity index (χ0v) is 7.70. The zero-order valence-electron chi connectivity index (χ0n) is 7.70. The topological polar surface area (TPSA) is 18.5 Å². The van der Waals surface area contributed by atoms with Crippen LogP contribution in [0.5, 0.6) is 5.75 Å². The van der Waals surface area contributed by atoms with Gasteiger partial charge in [0.15, 0.2) is 0 Å². The average molecular weight is 166 g/mol. The van der Waals surface area contributed by atoms with Crippen LogP contribution in [0.25, 0.3) is 0 Å². The molecule has 0 radical (unpaired) electrons. The van der Waals surface area contributed by atoms with Crippen LogP contribution in [-0.4, -0.2) is 14.2 Å². The summed E-state index contributed by atoms with van der Waals surface area (Å²) >= 11 is 0. The van der Waals surface area contributed by atoms with E-state index >= 15 is 0 Å². The molecule has 0 amide bonds. The van der Waals surface area contributed by atoms with Crippen molar-refractivity contribution in [1.82, 2.24) is 0 Å². The summed E-state index contributed by atoms with van der Waals surface area (Å²) in [7, 11) is 3.36. The molecule has 0 aliphatic rings. The van der Waals surface area contributed by atoms with Gasteiger partial charge in [-0.05, 0) is 24.6 Å². The molecular weight excluding hydrogens is 152 g/mol. The van der Waals surface area contributed by atoms with Gasteiger partial charge in [0, 0.05) is 7.11 Å². The van der Waals surface area contributed by atoms with Crippen LogP contribution >= 0.6 is 0 Å². The first-order chi connectivity index (χ1) is 5.77. The van der Waals surface area contributed by atoms with E-state index in [9.17, 15) is 0 Å². The van der Waals surface area contributed by atoms with Crippen LogP contribution in [0.4, 0.5) is 0 Å². The summed E-state index contributed by atoms with van der Waals surface area (Å²) in [5.41, 5.74) is 1.14. The smallest absolute Gasteiger partial charge is 0.119 e. The minimum atomic E-state index is 0.125. The highest BCUT2D eigenvalue weighted by Crippen LogP contribution is 2.20. The largest absolute Gasteiger partial charge is 0.497 e. The molecule has 0 aliphatic heterocycles. The molecule has 0 spiro atoms. The van der Waals surface area contributed by atoms with Crippen molar-refractivity contribution in [3.8, 4) is 5.75 Å². The van der Waals surface area contributed by atoms with Crippen LogP contribution in [0.3, 0.4) is 0 Å². The molecule has 66 valence electrons. The summed E-state index contributed by atoms with van der Waals surface area (Å²) in [5.74, 6) is 0.872. The molecule has 12 heavy (non-hydrogen) atoms. The molecule has 0 N–H and O–H groups in total. The third-order valence-electron chi connectivity index (χ3n) is 1.92. The Morgan fingerprint density at radius 3 is 2.58 bits per heavy atom. The third-order valence-corrected chi connectivity index (χ3v) is 1.92. The van der Waals surface area contributed by atoms with Gasteiger partial charge in [-0.1, -0.05) is 12.1 Å². The van der Waals surface area contributed by atoms with Crippen LogP contribution < -0.4 is 4.74 Å². The van der Waals surface area contributed by atoms with Crippen LogP contribution in [-0.2, 0) is 4.74 Å². The molecule has 0 aliphatic carbocycles. The van der Waals surface area contributed by atoms with Crippen LogP contribution in [0.1, 0.15) is 18.6 Å². The molecular formula is C10H14O2. The zero-order chi connectivity index (χ0) is 8.97. The van der Waals surface area contributed by atoms with Crippen molar-refractivity contribution >= 4 is 0 Å². The maximum Gasteiger partial charge on any atom is 0.119 e. The quantitative estimate of drug-likeness (QED) is 0.686. The van der Waals surface area contributed by atoms with Gasteiger partial charge >= 0.3 is 0 Å². The molecule has 2 heteroatoms. The Balaban J connectivity index is 2.86. The molecule has 1 aromatic rings. The third kappa shape index (κ3) is 1.98. The van der Waals surface area contributed by atoms with Crippen molar-refractivity contribution in [2.45, 2.75) is 13.0 Å². The second kappa shape index (κ2) is 4.12. The fraction of sp³-hybridized carbons (Fsp3) is 0.400. The van der Waals surface area contributed by atoms with Gasteiger partial charge in [0.05, 0.1) is 13.2 Å².